The number of likely N-dealkylation sites (tertiary alicyclic amines) is 1. The van der Waals surface area contributed by atoms with Crippen molar-refractivity contribution in [2.24, 2.45) is 17.6 Å². The minimum absolute atomic E-state index is 0.0244. The number of rotatable bonds is 41. The summed E-state index contributed by atoms with van der Waals surface area (Å²) < 4.78 is 43.9. The lowest BCUT2D eigenvalue weighted by Gasteiger charge is -2.25. The minimum Gasteiger partial charge on any atom is -0.379 e. The Morgan fingerprint density at radius 3 is 1.63 bits per heavy atom. The molecule has 2 unspecified atom stereocenters. The fraction of sp³-hybridized carbons (Fsp3) is 0.739. The molecular weight excluding hydrogens is 891 g/mol. The number of anilines is 1. The van der Waals surface area contributed by atoms with Crippen molar-refractivity contribution >= 4 is 41.3 Å². The Kier molecular flexibility index (Phi) is 32.8. The highest BCUT2D eigenvalue weighted by Crippen LogP contribution is 2.22. The average molecular weight is 970 g/mol. The lowest BCUT2D eigenvalue weighted by Crippen LogP contribution is -2.54. The van der Waals surface area contributed by atoms with Gasteiger partial charge in [0.05, 0.1) is 106 Å². The average Bonchev–Trinajstić information content (AvgIpc) is 3.56. The number of aliphatic hydroxyl groups is 1. The van der Waals surface area contributed by atoms with Crippen molar-refractivity contribution in [1.29, 1.82) is 0 Å². The molecule has 0 aliphatic carbocycles. The van der Waals surface area contributed by atoms with Gasteiger partial charge in [-0.15, -0.1) is 0 Å². The Bertz CT molecular complexity index is 1580. The van der Waals surface area contributed by atoms with E-state index in [9.17, 15) is 33.9 Å². The van der Waals surface area contributed by atoms with E-state index in [1.54, 1.807) is 32.9 Å². The predicted octanol–water partition coefficient (Wildman–Crippen LogP) is 0.478. The van der Waals surface area contributed by atoms with Gasteiger partial charge in [-0.1, -0.05) is 39.8 Å². The van der Waals surface area contributed by atoms with Crippen LogP contribution in [-0.2, 0) is 68.3 Å². The number of ether oxygens (including phenoxy) is 8. The van der Waals surface area contributed by atoms with Crippen LogP contribution in [0, 0.1) is 11.8 Å². The molecule has 0 bridgehead atoms. The normalized spacial score (nSPS) is 15.6. The Morgan fingerprint density at radius 1 is 0.676 bits per heavy atom. The van der Waals surface area contributed by atoms with E-state index in [0.717, 1.165) is 12.0 Å². The number of nitrogens with two attached hydrogens (primary N) is 1. The van der Waals surface area contributed by atoms with Gasteiger partial charge in [0.2, 0.25) is 29.5 Å². The number of carbonyl (C=O) groups is 6. The highest BCUT2D eigenvalue weighted by Gasteiger charge is 2.35. The Morgan fingerprint density at radius 2 is 1.18 bits per heavy atom. The molecule has 1 aliphatic rings. The summed E-state index contributed by atoms with van der Waals surface area (Å²) in [6.07, 6.45) is 1.19. The summed E-state index contributed by atoms with van der Waals surface area (Å²) in [4.78, 5) is 75.7. The summed E-state index contributed by atoms with van der Waals surface area (Å²) in [5.41, 5.74) is 6.85. The molecule has 1 fully saturated rings. The van der Waals surface area contributed by atoms with Crippen LogP contribution >= 0.6 is 0 Å². The maximum absolute atomic E-state index is 13.4. The molecule has 0 aromatic heterocycles. The molecule has 7 amide bonds. The third kappa shape index (κ3) is 28.1. The Labute approximate surface area is 401 Å². The van der Waals surface area contributed by atoms with Crippen molar-refractivity contribution in [3.05, 3.63) is 29.8 Å². The van der Waals surface area contributed by atoms with E-state index < -0.39 is 36.2 Å². The molecule has 1 aromatic rings. The second kappa shape index (κ2) is 37.4. The van der Waals surface area contributed by atoms with E-state index in [-0.39, 0.29) is 75.1 Å². The van der Waals surface area contributed by atoms with Gasteiger partial charge in [-0.3, -0.25) is 24.0 Å². The van der Waals surface area contributed by atoms with E-state index in [0.29, 0.717) is 118 Å². The maximum atomic E-state index is 13.4. The van der Waals surface area contributed by atoms with Gasteiger partial charge < -0.3 is 80.2 Å². The highest BCUT2D eigenvalue weighted by atomic mass is 16.6. The number of benzene rings is 1. The molecule has 22 nitrogen and oxygen atoms in total. The molecule has 1 saturated heterocycles. The third-order valence-electron chi connectivity index (χ3n) is 10.4. The van der Waals surface area contributed by atoms with E-state index in [1.165, 1.54) is 4.90 Å². The van der Waals surface area contributed by atoms with Crippen LogP contribution < -0.4 is 32.3 Å². The largest absolute Gasteiger partial charge is 0.379 e. The van der Waals surface area contributed by atoms with E-state index in [4.69, 9.17) is 43.6 Å². The number of hydrogen-bond donors (Lipinski definition) is 7. The molecule has 1 aromatic carbocycles. The van der Waals surface area contributed by atoms with Crippen LogP contribution in [0.1, 0.15) is 65.4 Å². The van der Waals surface area contributed by atoms with Gasteiger partial charge in [-0.05, 0) is 42.9 Å². The summed E-state index contributed by atoms with van der Waals surface area (Å²) in [6.45, 7) is 14.1. The van der Waals surface area contributed by atoms with Crippen LogP contribution in [0.2, 0.25) is 0 Å². The molecule has 68 heavy (non-hydrogen) atoms. The molecule has 0 spiro atoms. The number of aryl methyl sites for hydroxylation is 1. The molecule has 0 saturated carbocycles. The first-order chi connectivity index (χ1) is 32.8. The van der Waals surface area contributed by atoms with Gasteiger partial charge in [0.1, 0.15) is 18.3 Å². The predicted molar refractivity (Wildman–Crippen MR) is 250 cm³/mol. The molecule has 2 rings (SSSR count). The smallest absolute Gasteiger partial charge is 0.312 e. The van der Waals surface area contributed by atoms with Crippen molar-refractivity contribution in [3.63, 3.8) is 0 Å². The number of nitrogens with one attached hydrogen (secondary N) is 5. The number of primary amides is 1. The number of aliphatic hydroxyl groups excluding tert-OH is 1. The number of carbonyl (C=O) groups excluding carboxylic acids is 6. The second-order valence-electron chi connectivity index (χ2n) is 16.2. The zero-order valence-corrected chi connectivity index (χ0v) is 40.6. The molecule has 1 aliphatic heterocycles. The molecule has 0 radical (unpaired) electrons. The highest BCUT2D eigenvalue weighted by molar-refractivity contribution is 5.98. The summed E-state index contributed by atoms with van der Waals surface area (Å²) >= 11 is 0. The number of urea groups is 1. The summed E-state index contributed by atoms with van der Waals surface area (Å²) in [5.74, 6) is -2.12. The van der Waals surface area contributed by atoms with Crippen LogP contribution in [0.15, 0.2) is 24.3 Å². The van der Waals surface area contributed by atoms with Gasteiger partial charge in [0.15, 0.2) is 0 Å². The SMILES string of the molecule is CCc1ccc(NC(=O)[C@H](CCCNC(N)=O)NC(=O)[C@@H](NC(=O)CCOCCOCCOCCOCCOCCOCCOCCOCCNC(=O)CCN2C(=O)C(C)CC2O)C(C)C)cc1. The second-order valence-corrected chi connectivity index (χ2v) is 16.2. The van der Waals surface area contributed by atoms with E-state index >= 15 is 0 Å². The minimum atomic E-state index is -0.928. The summed E-state index contributed by atoms with van der Waals surface area (Å²) in [6, 6.07) is 4.90. The zero-order chi connectivity index (χ0) is 49.8. The standard InChI is InChI=1S/C46H79N7O15/c1-5-36-8-10-37(11-9-36)50-43(57)38(7-6-14-49-46(47)60)51-44(58)42(34(2)3)52-40(55)13-17-61-19-21-63-23-25-65-27-29-67-31-32-68-30-28-66-26-24-64-22-20-62-18-15-48-39(54)12-16-53-41(56)33-35(4)45(53)59/h8-11,34-35,38,41-42,56H,5-7,12-33H2,1-4H3,(H,48,54)(H,50,57)(H,51,58)(H,52,55)(H3,47,49,60)/t35?,38-,41?,42-/m0/s1. The molecule has 8 N–H and O–H groups in total. The molecule has 22 heteroatoms. The van der Waals surface area contributed by atoms with Gasteiger partial charge in [0, 0.05) is 50.5 Å². The first-order valence-corrected chi connectivity index (χ1v) is 23.7. The van der Waals surface area contributed by atoms with Crippen molar-refractivity contribution in [2.45, 2.75) is 84.5 Å². The molecule has 1 heterocycles. The fourth-order valence-corrected chi connectivity index (χ4v) is 6.49. The molecule has 4 atom stereocenters. The summed E-state index contributed by atoms with van der Waals surface area (Å²) in [7, 11) is 0. The van der Waals surface area contributed by atoms with E-state index in [2.05, 4.69) is 26.6 Å². The monoisotopic (exact) mass is 970 g/mol. The quantitative estimate of drug-likeness (QED) is 0.0440. The van der Waals surface area contributed by atoms with Gasteiger partial charge in [-0.25, -0.2) is 4.79 Å². The number of hydrogen-bond acceptors (Lipinski definition) is 15. The zero-order valence-electron chi connectivity index (χ0n) is 40.6. The first kappa shape index (κ1) is 59.6. The first-order valence-electron chi connectivity index (χ1n) is 23.7. The van der Waals surface area contributed by atoms with Crippen molar-refractivity contribution in [3.8, 4) is 0 Å². The van der Waals surface area contributed by atoms with Crippen LogP contribution in [0.25, 0.3) is 0 Å². The van der Waals surface area contributed by atoms with Gasteiger partial charge in [-0.2, -0.15) is 0 Å². The lowest BCUT2D eigenvalue weighted by molar-refractivity contribution is -0.136. The maximum Gasteiger partial charge on any atom is 0.312 e. The third-order valence-corrected chi connectivity index (χ3v) is 10.4. The lowest BCUT2D eigenvalue weighted by atomic mass is 10.0. The van der Waals surface area contributed by atoms with Crippen molar-refractivity contribution < 1.29 is 71.8 Å². The Balaban J connectivity index is 1.38. The van der Waals surface area contributed by atoms with Crippen molar-refractivity contribution in [2.75, 3.05) is 131 Å². The van der Waals surface area contributed by atoms with Gasteiger partial charge in [0.25, 0.3) is 0 Å². The van der Waals surface area contributed by atoms with Crippen molar-refractivity contribution in [1.82, 2.24) is 26.2 Å². The van der Waals surface area contributed by atoms with Crippen LogP contribution in [-0.4, -0.2) is 189 Å². The fourth-order valence-electron chi connectivity index (χ4n) is 6.49. The van der Waals surface area contributed by atoms with Gasteiger partial charge >= 0.3 is 6.03 Å². The molecule has 388 valence electrons. The topological polar surface area (TPSA) is 286 Å². The van der Waals surface area contributed by atoms with Crippen LogP contribution in [0.5, 0.6) is 0 Å². The van der Waals surface area contributed by atoms with Crippen LogP contribution in [0.4, 0.5) is 10.5 Å². The Hall–Kier alpha value is -4.52. The number of nitrogens with zero attached hydrogens (tertiary/aromatic N) is 1. The van der Waals surface area contributed by atoms with Crippen LogP contribution in [0.3, 0.4) is 0 Å². The van der Waals surface area contributed by atoms with E-state index in [1.807, 2.05) is 19.1 Å². The molecular formula is C46H79N7O15. The summed E-state index contributed by atoms with van der Waals surface area (Å²) in [5, 5.41) is 23.5. The number of amides is 7.